The Balaban J connectivity index is 1.40. The van der Waals surface area contributed by atoms with Gasteiger partial charge in [0.15, 0.2) is 0 Å². The molecule has 4 heteroatoms. The fraction of sp³-hybridized carbons (Fsp3) is 1.00. The molecule has 4 atom stereocenters. The molecule has 0 spiro atoms. The molecule has 1 aliphatic heterocycles. The van der Waals surface area contributed by atoms with E-state index in [0.29, 0.717) is 23.5 Å². The predicted molar refractivity (Wildman–Crippen MR) is 86.9 cm³/mol. The van der Waals surface area contributed by atoms with Crippen LogP contribution in [-0.2, 0) is 9.47 Å². The molecule has 22 heavy (non-hydrogen) atoms. The largest absolute Gasteiger partial charge is 0.392 e. The Labute approximate surface area is 135 Å². The summed E-state index contributed by atoms with van der Waals surface area (Å²) >= 11 is 0. The summed E-state index contributed by atoms with van der Waals surface area (Å²) in [7, 11) is 0. The van der Waals surface area contributed by atoms with E-state index in [1.807, 2.05) is 0 Å². The minimum Gasteiger partial charge on any atom is -0.392 e. The van der Waals surface area contributed by atoms with Crippen LogP contribution in [0, 0.1) is 16.7 Å². The second-order valence-electron chi connectivity index (χ2n) is 8.33. The molecule has 1 saturated heterocycles. The van der Waals surface area contributed by atoms with E-state index < -0.39 is 0 Å². The van der Waals surface area contributed by atoms with Gasteiger partial charge in [0.2, 0.25) is 0 Å². The van der Waals surface area contributed by atoms with Gasteiger partial charge in [-0.15, -0.1) is 0 Å². The summed E-state index contributed by atoms with van der Waals surface area (Å²) in [5, 5.41) is 10.2. The zero-order chi connectivity index (χ0) is 15.8. The minimum absolute atomic E-state index is 0.280. The zero-order valence-corrected chi connectivity index (χ0v) is 14.5. The molecular weight excluding hydrogens is 278 g/mol. The van der Waals surface area contributed by atoms with Gasteiger partial charge in [0.05, 0.1) is 25.4 Å². The molecule has 2 saturated carbocycles. The highest BCUT2D eigenvalue weighted by Crippen LogP contribution is 2.66. The van der Waals surface area contributed by atoms with E-state index in [1.54, 1.807) is 0 Å². The van der Waals surface area contributed by atoms with Crippen molar-refractivity contribution in [2.75, 3.05) is 39.5 Å². The first-order chi connectivity index (χ1) is 10.4. The SMILES string of the molecule is CC1(C)[C@H]2CC[C@@]1(C)[C@H](OCC[C@H](O)CN1CCOCC1)C2. The van der Waals surface area contributed by atoms with E-state index in [1.165, 1.54) is 19.3 Å². The molecule has 0 aromatic carbocycles. The van der Waals surface area contributed by atoms with Gasteiger partial charge in [-0.2, -0.15) is 0 Å². The number of morpholine rings is 1. The number of rotatable bonds is 6. The summed E-state index contributed by atoms with van der Waals surface area (Å²) in [5.41, 5.74) is 0.733. The molecule has 2 bridgehead atoms. The summed E-state index contributed by atoms with van der Waals surface area (Å²) in [6.07, 6.45) is 4.72. The number of fused-ring (bicyclic) bond motifs is 2. The third-order valence-corrected chi connectivity index (χ3v) is 7.06. The van der Waals surface area contributed by atoms with Gasteiger partial charge in [-0.1, -0.05) is 20.8 Å². The lowest BCUT2D eigenvalue weighted by Gasteiger charge is -2.39. The summed E-state index contributed by atoms with van der Waals surface area (Å²) < 4.78 is 11.6. The third kappa shape index (κ3) is 2.95. The highest BCUT2D eigenvalue weighted by atomic mass is 16.5. The Morgan fingerprint density at radius 2 is 2.00 bits per heavy atom. The van der Waals surface area contributed by atoms with Crippen LogP contribution in [0.15, 0.2) is 0 Å². The topological polar surface area (TPSA) is 41.9 Å². The maximum absolute atomic E-state index is 10.2. The van der Waals surface area contributed by atoms with E-state index in [-0.39, 0.29) is 6.10 Å². The van der Waals surface area contributed by atoms with Crippen molar-refractivity contribution in [3.05, 3.63) is 0 Å². The monoisotopic (exact) mass is 311 g/mol. The second kappa shape index (κ2) is 6.39. The van der Waals surface area contributed by atoms with Crippen molar-refractivity contribution in [3.8, 4) is 0 Å². The molecule has 1 heterocycles. The van der Waals surface area contributed by atoms with Crippen molar-refractivity contribution in [2.45, 2.75) is 58.7 Å². The molecule has 0 unspecified atom stereocenters. The maximum Gasteiger partial charge on any atom is 0.0689 e. The molecule has 0 aromatic rings. The quantitative estimate of drug-likeness (QED) is 0.817. The minimum atomic E-state index is -0.280. The number of hydrogen-bond donors (Lipinski definition) is 1. The lowest BCUT2D eigenvalue weighted by atomic mass is 9.70. The Morgan fingerprint density at radius 3 is 2.59 bits per heavy atom. The smallest absolute Gasteiger partial charge is 0.0689 e. The van der Waals surface area contributed by atoms with Crippen LogP contribution < -0.4 is 0 Å². The Kier molecular flexibility index (Phi) is 4.84. The molecule has 1 N–H and O–H groups in total. The first-order valence-corrected chi connectivity index (χ1v) is 9.03. The number of aliphatic hydroxyl groups is 1. The van der Waals surface area contributed by atoms with Crippen LogP contribution >= 0.6 is 0 Å². The molecule has 0 amide bonds. The van der Waals surface area contributed by atoms with E-state index in [9.17, 15) is 5.11 Å². The lowest BCUT2D eigenvalue weighted by molar-refractivity contribution is -0.0583. The lowest BCUT2D eigenvalue weighted by Crippen LogP contribution is -2.41. The van der Waals surface area contributed by atoms with Crippen molar-refractivity contribution < 1.29 is 14.6 Å². The number of ether oxygens (including phenoxy) is 2. The molecule has 0 aromatic heterocycles. The Hall–Kier alpha value is -0.160. The van der Waals surface area contributed by atoms with Crippen molar-refractivity contribution in [1.82, 2.24) is 4.90 Å². The van der Waals surface area contributed by atoms with E-state index in [4.69, 9.17) is 9.47 Å². The van der Waals surface area contributed by atoms with Crippen LogP contribution in [0.5, 0.6) is 0 Å². The summed E-state index contributed by atoms with van der Waals surface area (Å²) in [6.45, 7) is 12.2. The first-order valence-electron chi connectivity index (χ1n) is 9.03. The molecule has 4 nitrogen and oxygen atoms in total. The van der Waals surface area contributed by atoms with E-state index in [2.05, 4.69) is 25.7 Å². The van der Waals surface area contributed by atoms with Crippen LogP contribution in [0.1, 0.15) is 46.5 Å². The molecule has 3 fully saturated rings. The van der Waals surface area contributed by atoms with Gasteiger partial charge in [0.25, 0.3) is 0 Å². The van der Waals surface area contributed by atoms with Crippen LogP contribution in [-0.4, -0.2) is 61.7 Å². The average molecular weight is 311 g/mol. The molecule has 0 radical (unpaired) electrons. The fourth-order valence-electron chi connectivity index (χ4n) is 4.90. The van der Waals surface area contributed by atoms with Crippen molar-refractivity contribution >= 4 is 0 Å². The summed E-state index contributed by atoms with van der Waals surface area (Å²) in [6, 6.07) is 0. The normalized spacial score (nSPS) is 39.3. The highest BCUT2D eigenvalue weighted by Gasteiger charge is 2.61. The molecular formula is C18H33NO3. The van der Waals surface area contributed by atoms with Crippen LogP contribution in [0.4, 0.5) is 0 Å². The van der Waals surface area contributed by atoms with Gasteiger partial charge in [0.1, 0.15) is 0 Å². The van der Waals surface area contributed by atoms with E-state index in [0.717, 1.165) is 45.2 Å². The van der Waals surface area contributed by atoms with Crippen molar-refractivity contribution in [2.24, 2.45) is 16.7 Å². The molecule has 128 valence electrons. The highest BCUT2D eigenvalue weighted by molar-refractivity contribution is 5.11. The molecule has 3 aliphatic rings. The summed E-state index contributed by atoms with van der Waals surface area (Å²) in [4.78, 5) is 2.29. The standard InChI is InChI=1S/C18H33NO3/c1-17(2)14-4-6-18(17,3)16(12-14)22-9-5-15(20)13-19-7-10-21-11-8-19/h14-16,20H,4-13H2,1-3H3/t14-,15-,16+,18-/m0/s1. The van der Waals surface area contributed by atoms with Gasteiger partial charge in [0, 0.05) is 26.2 Å². The third-order valence-electron chi connectivity index (χ3n) is 7.06. The predicted octanol–water partition coefficient (Wildman–Crippen LogP) is 2.30. The van der Waals surface area contributed by atoms with Gasteiger partial charge in [-0.25, -0.2) is 0 Å². The second-order valence-corrected chi connectivity index (χ2v) is 8.33. The average Bonchev–Trinajstić information content (AvgIpc) is 2.81. The van der Waals surface area contributed by atoms with Crippen LogP contribution in [0.3, 0.4) is 0 Å². The van der Waals surface area contributed by atoms with Crippen molar-refractivity contribution in [3.63, 3.8) is 0 Å². The van der Waals surface area contributed by atoms with Gasteiger partial charge >= 0.3 is 0 Å². The Bertz CT molecular complexity index is 381. The van der Waals surface area contributed by atoms with Gasteiger partial charge < -0.3 is 14.6 Å². The first kappa shape index (κ1) is 16.7. The van der Waals surface area contributed by atoms with Crippen LogP contribution in [0.2, 0.25) is 0 Å². The van der Waals surface area contributed by atoms with Gasteiger partial charge in [-0.3, -0.25) is 4.90 Å². The fourth-order valence-corrected chi connectivity index (χ4v) is 4.90. The zero-order valence-electron chi connectivity index (χ0n) is 14.5. The number of aliphatic hydroxyl groups excluding tert-OH is 1. The van der Waals surface area contributed by atoms with E-state index >= 15 is 0 Å². The molecule has 3 rings (SSSR count). The maximum atomic E-state index is 10.2. The molecule has 2 aliphatic carbocycles. The number of hydrogen-bond acceptors (Lipinski definition) is 4. The van der Waals surface area contributed by atoms with Crippen LogP contribution in [0.25, 0.3) is 0 Å². The van der Waals surface area contributed by atoms with Gasteiger partial charge in [-0.05, 0) is 42.4 Å². The Morgan fingerprint density at radius 1 is 1.27 bits per heavy atom. The van der Waals surface area contributed by atoms with Crippen molar-refractivity contribution in [1.29, 1.82) is 0 Å². The number of nitrogens with zero attached hydrogens (tertiary/aromatic N) is 1. The summed E-state index contributed by atoms with van der Waals surface area (Å²) in [5.74, 6) is 0.820. The number of β-amino-alcohol motifs (C(OH)–C–C–N with tert-alkyl or cyclic N) is 1.